The van der Waals surface area contributed by atoms with Gasteiger partial charge in [0.05, 0.1) is 6.10 Å². The number of nitrogens with zero attached hydrogens (tertiary/aromatic N) is 1. The molecule has 2 aliphatic rings. The van der Waals surface area contributed by atoms with Crippen LogP contribution in [0.25, 0.3) is 0 Å². The zero-order valence-corrected chi connectivity index (χ0v) is 11.5. The predicted molar refractivity (Wildman–Crippen MR) is 75.2 cm³/mol. The van der Waals surface area contributed by atoms with E-state index in [0.29, 0.717) is 12.5 Å². The van der Waals surface area contributed by atoms with E-state index >= 15 is 0 Å². The van der Waals surface area contributed by atoms with Crippen LogP contribution in [-0.2, 0) is 16.0 Å². The van der Waals surface area contributed by atoms with E-state index in [1.165, 1.54) is 0 Å². The Kier molecular flexibility index (Phi) is 4.28. The molecule has 0 radical (unpaired) electrons. The summed E-state index contributed by atoms with van der Waals surface area (Å²) in [5, 5.41) is 6.27. The van der Waals surface area contributed by atoms with E-state index in [0.717, 1.165) is 38.0 Å². The van der Waals surface area contributed by atoms with Crippen LogP contribution in [0.2, 0.25) is 0 Å². The van der Waals surface area contributed by atoms with E-state index in [2.05, 4.69) is 15.6 Å². The molecule has 1 aromatic heterocycles. The lowest BCUT2D eigenvalue weighted by atomic mass is 9.93. The second-order valence-corrected chi connectivity index (χ2v) is 5.51. The number of hydrogen-bond donors (Lipinski definition) is 2. The Balaban J connectivity index is 1.43. The molecule has 0 saturated carbocycles. The SMILES string of the molecule is O=C(NCCc1ccccn1)[C@H]1C[C@@H]2CCNC[C@@H]2O1. The van der Waals surface area contributed by atoms with Crippen molar-refractivity contribution in [3.63, 3.8) is 0 Å². The van der Waals surface area contributed by atoms with Gasteiger partial charge < -0.3 is 15.4 Å². The van der Waals surface area contributed by atoms with E-state index in [1.807, 2.05) is 18.2 Å². The van der Waals surface area contributed by atoms with Crippen molar-refractivity contribution in [1.29, 1.82) is 0 Å². The number of carbonyl (C=O) groups is 1. The molecular weight excluding hydrogens is 254 g/mol. The maximum absolute atomic E-state index is 12.1. The normalized spacial score (nSPS) is 28.9. The van der Waals surface area contributed by atoms with E-state index in [-0.39, 0.29) is 18.1 Å². The highest BCUT2D eigenvalue weighted by atomic mass is 16.5. The van der Waals surface area contributed by atoms with E-state index in [1.54, 1.807) is 6.20 Å². The molecule has 1 aromatic rings. The summed E-state index contributed by atoms with van der Waals surface area (Å²) in [6, 6.07) is 5.82. The molecule has 0 unspecified atom stereocenters. The van der Waals surface area contributed by atoms with Gasteiger partial charge in [-0.25, -0.2) is 0 Å². The van der Waals surface area contributed by atoms with Gasteiger partial charge in [0, 0.05) is 31.4 Å². The number of fused-ring (bicyclic) bond motifs is 1. The van der Waals surface area contributed by atoms with Gasteiger partial charge in [-0.1, -0.05) is 6.07 Å². The first-order valence-corrected chi connectivity index (χ1v) is 7.37. The summed E-state index contributed by atoms with van der Waals surface area (Å²) in [6.07, 6.45) is 4.45. The van der Waals surface area contributed by atoms with Crippen molar-refractivity contribution in [2.24, 2.45) is 5.92 Å². The van der Waals surface area contributed by atoms with Crippen molar-refractivity contribution in [3.8, 4) is 0 Å². The summed E-state index contributed by atoms with van der Waals surface area (Å²) < 4.78 is 5.84. The summed E-state index contributed by atoms with van der Waals surface area (Å²) >= 11 is 0. The summed E-state index contributed by atoms with van der Waals surface area (Å²) in [5.74, 6) is 0.568. The number of hydrogen-bond acceptors (Lipinski definition) is 4. The fourth-order valence-corrected chi connectivity index (χ4v) is 3.00. The van der Waals surface area contributed by atoms with Gasteiger partial charge in [0.2, 0.25) is 5.91 Å². The van der Waals surface area contributed by atoms with Gasteiger partial charge in [-0.05, 0) is 37.4 Å². The van der Waals surface area contributed by atoms with Crippen LogP contribution >= 0.6 is 0 Å². The molecule has 0 aliphatic carbocycles. The molecule has 0 aromatic carbocycles. The number of amides is 1. The lowest BCUT2D eigenvalue weighted by Crippen LogP contribution is -2.39. The molecule has 0 bridgehead atoms. The number of ether oxygens (including phenoxy) is 1. The van der Waals surface area contributed by atoms with Crippen molar-refractivity contribution in [3.05, 3.63) is 30.1 Å². The van der Waals surface area contributed by atoms with Crippen molar-refractivity contribution in [2.45, 2.75) is 31.5 Å². The Morgan fingerprint density at radius 3 is 3.25 bits per heavy atom. The van der Waals surface area contributed by atoms with Crippen LogP contribution in [0.1, 0.15) is 18.5 Å². The lowest BCUT2D eigenvalue weighted by Gasteiger charge is -2.24. The Hall–Kier alpha value is -1.46. The maximum Gasteiger partial charge on any atom is 0.249 e. The van der Waals surface area contributed by atoms with Crippen LogP contribution in [-0.4, -0.2) is 42.7 Å². The molecule has 3 atom stereocenters. The molecule has 3 rings (SSSR count). The Bertz CT molecular complexity index is 438. The quantitative estimate of drug-likeness (QED) is 0.840. The molecule has 2 aliphatic heterocycles. The number of carbonyl (C=O) groups excluding carboxylic acids is 1. The summed E-state index contributed by atoms with van der Waals surface area (Å²) in [4.78, 5) is 16.3. The molecule has 3 heterocycles. The number of piperidine rings is 1. The van der Waals surface area contributed by atoms with Crippen LogP contribution in [0.3, 0.4) is 0 Å². The summed E-state index contributed by atoms with van der Waals surface area (Å²) in [5.41, 5.74) is 0.998. The minimum atomic E-state index is -0.270. The molecule has 5 nitrogen and oxygen atoms in total. The Morgan fingerprint density at radius 2 is 2.45 bits per heavy atom. The molecular formula is C15H21N3O2. The predicted octanol–water partition coefficient (Wildman–Crippen LogP) is 0.507. The van der Waals surface area contributed by atoms with Crippen LogP contribution in [0.15, 0.2) is 24.4 Å². The minimum Gasteiger partial charge on any atom is -0.364 e. The van der Waals surface area contributed by atoms with Crippen molar-refractivity contribution in [1.82, 2.24) is 15.6 Å². The van der Waals surface area contributed by atoms with Gasteiger partial charge in [0.25, 0.3) is 0 Å². The first-order chi connectivity index (χ1) is 9.83. The third-order valence-corrected chi connectivity index (χ3v) is 4.12. The summed E-state index contributed by atoms with van der Waals surface area (Å²) in [6.45, 7) is 2.53. The molecule has 20 heavy (non-hydrogen) atoms. The zero-order valence-electron chi connectivity index (χ0n) is 11.5. The topological polar surface area (TPSA) is 63.2 Å². The first-order valence-electron chi connectivity index (χ1n) is 7.37. The van der Waals surface area contributed by atoms with E-state index in [9.17, 15) is 4.79 Å². The van der Waals surface area contributed by atoms with Crippen LogP contribution in [0.5, 0.6) is 0 Å². The van der Waals surface area contributed by atoms with Gasteiger partial charge in [0.1, 0.15) is 6.10 Å². The van der Waals surface area contributed by atoms with Gasteiger partial charge in [-0.15, -0.1) is 0 Å². The van der Waals surface area contributed by atoms with Crippen LogP contribution in [0.4, 0.5) is 0 Å². The van der Waals surface area contributed by atoms with Crippen molar-refractivity contribution in [2.75, 3.05) is 19.6 Å². The smallest absolute Gasteiger partial charge is 0.249 e. The van der Waals surface area contributed by atoms with Gasteiger partial charge in [0.15, 0.2) is 0 Å². The maximum atomic E-state index is 12.1. The Morgan fingerprint density at radius 1 is 1.50 bits per heavy atom. The minimum absolute atomic E-state index is 0.0235. The highest BCUT2D eigenvalue weighted by Crippen LogP contribution is 2.30. The second-order valence-electron chi connectivity index (χ2n) is 5.51. The van der Waals surface area contributed by atoms with Crippen LogP contribution in [0, 0.1) is 5.92 Å². The molecule has 108 valence electrons. The average molecular weight is 275 g/mol. The average Bonchev–Trinajstić information content (AvgIpc) is 2.92. The first kappa shape index (κ1) is 13.5. The van der Waals surface area contributed by atoms with Gasteiger partial charge in [-0.2, -0.15) is 0 Å². The monoisotopic (exact) mass is 275 g/mol. The molecule has 2 saturated heterocycles. The molecule has 1 amide bonds. The number of pyridine rings is 1. The number of nitrogens with one attached hydrogen (secondary N) is 2. The fourth-order valence-electron chi connectivity index (χ4n) is 3.00. The fraction of sp³-hybridized carbons (Fsp3) is 0.600. The van der Waals surface area contributed by atoms with E-state index in [4.69, 9.17) is 4.74 Å². The molecule has 2 fully saturated rings. The third kappa shape index (κ3) is 3.16. The standard InChI is InChI=1S/C15H21N3O2/c19-15(18-8-5-12-3-1-2-6-17-12)13-9-11-4-7-16-10-14(11)20-13/h1-3,6,11,13-14,16H,4-5,7-10H2,(H,18,19)/t11-,13+,14-/m0/s1. The summed E-state index contributed by atoms with van der Waals surface area (Å²) in [7, 11) is 0. The van der Waals surface area contributed by atoms with E-state index < -0.39 is 0 Å². The number of rotatable bonds is 4. The van der Waals surface area contributed by atoms with Crippen molar-refractivity contribution < 1.29 is 9.53 Å². The highest BCUT2D eigenvalue weighted by molar-refractivity contribution is 5.81. The van der Waals surface area contributed by atoms with Gasteiger partial charge >= 0.3 is 0 Å². The third-order valence-electron chi connectivity index (χ3n) is 4.12. The van der Waals surface area contributed by atoms with Gasteiger partial charge in [-0.3, -0.25) is 9.78 Å². The van der Waals surface area contributed by atoms with Crippen molar-refractivity contribution >= 4 is 5.91 Å². The highest BCUT2D eigenvalue weighted by Gasteiger charge is 2.39. The molecule has 0 spiro atoms. The molecule has 2 N–H and O–H groups in total. The lowest BCUT2D eigenvalue weighted by molar-refractivity contribution is -0.132. The van der Waals surface area contributed by atoms with Crippen LogP contribution < -0.4 is 10.6 Å². The number of aromatic nitrogens is 1. The zero-order chi connectivity index (χ0) is 13.8. The molecule has 5 heteroatoms. The second kappa shape index (κ2) is 6.33. The largest absolute Gasteiger partial charge is 0.364 e. The Labute approximate surface area is 119 Å².